The minimum Gasteiger partial charge on any atom is -0.480 e. The Balaban J connectivity index is 2.10. The fraction of sp³-hybridized carbons (Fsp3) is 0.400. The maximum absolute atomic E-state index is 11.5. The Kier molecular flexibility index (Phi) is 4.06. The first-order valence-corrected chi connectivity index (χ1v) is 7.30. The van der Waals surface area contributed by atoms with Crippen molar-refractivity contribution in [3.63, 3.8) is 0 Å². The molecule has 0 bridgehead atoms. The summed E-state index contributed by atoms with van der Waals surface area (Å²) in [6.07, 6.45) is 0. The zero-order valence-electron chi connectivity index (χ0n) is 12.3. The number of para-hydroxylation sites is 2. The van der Waals surface area contributed by atoms with Crippen molar-refractivity contribution in [3.8, 4) is 5.88 Å². The molecule has 0 radical (unpaired) electrons. The van der Waals surface area contributed by atoms with Gasteiger partial charge in [0.2, 0.25) is 0 Å². The van der Waals surface area contributed by atoms with E-state index in [9.17, 15) is 9.90 Å². The van der Waals surface area contributed by atoms with Crippen LogP contribution >= 0.6 is 0 Å². The van der Waals surface area contributed by atoms with E-state index in [4.69, 9.17) is 4.74 Å². The van der Waals surface area contributed by atoms with Crippen LogP contribution in [0.5, 0.6) is 5.88 Å². The molecule has 0 amide bonds. The number of nitrogens with one attached hydrogen (secondary N) is 1. The summed E-state index contributed by atoms with van der Waals surface area (Å²) in [4.78, 5) is 22.3. The fourth-order valence-electron chi connectivity index (χ4n) is 2.57. The summed E-state index contributed by atoms with van der Waals surface area (Å²) in [5, 5.41) is 12.5. The molecular weight excluding hydrogens is 284 g/mol. The van der Waals surface area contributed by atoms with Crippen molar-refractivity contribution >= 4 is 22.8 Å². The van der Waals surface area contributed by atoms with Gasteiger partial charge in [-0.25, -0.2) is 14.8 Å². The van der Waals surface area contributed by atoms with Crippen LogP contribution in [-0.4, -0.2) is 53.3 Å². The number of carboxylic acids is 1. The van der Waals surface area contributed by atoms with Crippen LogP contribution in [0, 0.1) is 0 Å². The number of nitrogens with zero attached hydrogens (tertiary/aromatic N) is 3. The van der Waals surface area contributed by atoms with E-state index < -0.39 is 12.0 Å². The van der Waals surface area contributed by atoms with Gasteiger partial charge in [0, 0.05) is 19.6 Å². The van der Waals surface area contributed by atoms with Crippen LogP contribution in [0.1, 0.15) is 6.92 Å². The fourth-order valence-corrected chi connectivity index (χ4v) is 2.57. The predicted octanol–water partition coefficient (Wildman–Crippen LogP) is 0.891. The Hall–Kier alpha value is -2.41. The Morgan fingerprint density at radius 3 is 2.82 bits per heavy atom. The molecule has 0 aliphatic carbocycles. The minimum atomic E-state index is -0.885. The molecule has 3 rings (SSSR count). The predicted molar refractivity (Wildman–Crippen MR) is 82.3 cm³/mol. The van der Waals surface area contributed by atoms with Crippen LogP contribution in [0.3, 0.4) is 0 Å². The van der Waals surface area contributed by atoms with Gasteiger partial charge in [-0.2, -0.15) is 0 Å². The van der Waals surface area contributed by atoms with Gasteiger partial charge in [0.05, 0.1) is 17.6 Å². The molecular formula is C15H18N4O3. The molecule has 1 aromatic carbocycles. The topological polar surface area (TPSA) is 87.6 Å². The maximum Gasteiger partial charge on any atom is 0.327 e. The van der Waals surface area contributed by atoms with E-state index in [1.807, 2.05) is 31.2 Å². The number of anilines is 1. The third-order valence-electron chi connectivity index (χ3n) is 3.60. The first kappa shape index (κ1) is 14.5. The number of carbonyl (C=O) groups is 1. The standard InChI is InChI=1S/C15H18N4O3/c1-2-22-14-13(17-10-5-3-4-6-11(10)18-14)19-8-7-16-9-12(19)15(20)21/h3-6,12,16H,2,7-9H2,1H3,(H,20,21)/t12-/m0/s1. The van der Waals surface area contributed by atoms with Gasteiger partial charge in [-0.05, 0) is 19.1 Å². The lowest BCUT2D eigenvalue weighted by molar-refractivity contribution is -0.138. The van der Waals surface area contributed by atoms with E-state index in [0.29, 0.717) is 37.9 Å². The van der Waals surface area contributed by atoms with E-state index in [0.717, 1.165) is 11.0 Å². The van der Waals surface area contributed by atoms with Crippen molar-refractivity contribution in [2.75, 3.05) is 31.1 Å². The van der Waals surface area contributed by atoms with Crippen LogP contribution < -0.4 is 15.0 Å². The largest absolute Gasteiger partial charge is 0.480 e. The maximum atomic E-state index is 11.5. The van der Waals surface area contributed by atoms with Crippen molar-refractivity contribution < 1.29 is 14.6 Å². The summed E-state index contributed by atoms with van der Waals surface area (Å²) in [6, 6.07) is 6.81. The molecule has 0 saturated carbocycles. The molecule has 1 aliphatic heterocycles. The van der Waals surface area contributed by atoms with Gasteiger partial charge in [0.1, 0.15) is 6.04 Å². The number of ether oxygens (including phenoxy) is 1. The first-order chi connectivity index (χ1) is 10.7. The first-order valence-electron chi connectivity index (χ1n) is 7.30. The van der Waals surface area contributed by atoms with Gasteiger partial charge in [-0.15, -0.1) is 0 Å². The molecule has 2 aromatic rings. The van der Waals surface area contributed by atoms with Crippen molar-refractivity contribution in [3.05, 3.63) is 24.3 Å². The molecule has 1 atom stereocenters. The summed E-state index contributed by atoms with van der Waals surface area (Å²) in [5.41, 5.74) is 1.46. The van der Waals surface area contributed by atoms with Crippen molar-refractivity contribution in [2.24, 2.45) is 0 Å². The highest BCUT2D eigenvalue weighted by Gasteiger charge is 2.32. The number of benzene rings is 1. The SMILES string of the molecule is CCOc1nc2ccccc2nc1N1CCNC[C@H]1C(=O)O. The van der Waals surface area contributed by atoms with Gasteiger partial charge >= 0.3 is 5.97 Å². The van der Waals surface area contributed by atoms with E-state index in [2.05, 4.69) is 15.3 Å². The summed E-state index contributed by atoms with van der Waals surface area (Å²) in [5.74, 6) is -0.00610. The second kappa shape index (κ2) is 6.15. The smallest absolute Gasteiger partial charge is 0.327 e. The van der Waals surface area contributed by atoms with Gasteiger partial charge in [-0.1, -0.05) is 12.1 Å². The lowest BCUT2D eigenvalue weighted by atomic mass is 10.2. The van der Waals surface area contributed by atoms with Crippen LogP contribution in [0.15, 0.2) is 24.3 Å². The van der Waals surface area contributed by atoms with Crippen molar-refractivity contribution in [1.29, 1.82) is 0 Å². The molecule has 7 nitrogen and oxygen atoms in total. The number of hydrogen-bond donors (Lipinski definition) is 2. The van der Waals surface area contributed by atoms with Gasteiger partial charge < -0.3 is 20.1 Å². The van der Waals surface area contributed by atoms with Gasteiger partial charge in [0.25, 0.3) is 5.88 Å². The molecule has 2 N–H and O–H groups in total. The van der Waals surface area contributed by atoms with Crippen molar-refractivity contribution in [2.45, 2.75) is 13.0 Å². The average Bonchev–Trinajstić information content (AvgIpc) is 2.54. The van der Waals surface area contributed by atoms with Gasteiger partial charge in [-0.3, -0.25) is 0 Å². The lowest BCUT2D eigenvalue weighted by Crippen LogP contribution is -2.55. The van der Waals surface area contributed by atoms with E-state index >= 15 is 0 Å². The molecule has 7 heteroatoms. The normalized spacial score (nSPS) is 18.4. The Morgan fingerprint density at radius 1 is 1.41 bits per heavy atom. The highest BCUT2D eigenvalue weighted by atomic mass is 16.5. The highest BCUT2D eigenvalue weighted by Crippen LogP contribution is 2.29. The van der Waals surface area contributed by atoms with Crippen LogP contribution in [-0.2, 0) is 4.79 Å². The minimum absolute atomic E-state index is 0.370. The van der Waals surface area contributed by atoms with Gasteiger partial charge in [0.15, 0.2) is 5.82 Å². The summed E-state index contributed by atoms with van der Waals surface area (Å²) < 4.78 is 5.60. The summed E-state index contributed by atoms with van der Waals surface area (Å²) in [7, 11) is 0. The molecule has 1 aromatic heterocycles. The van der Waals surface area contributed by atoms with E-state index in [-0.39, 0.29) is 0 Å². The quantitative estimate of drug-likeness (QED) is 0.867. The zero-order chi connectivity index (χ0) is 15.5. The van der Waals surface area contributed by atoms with E-state index in [1.54, 1.807) is 4.90 Å². The molecule has 116 valence electrons. The second-order valence-electron chi connectivity index (χ2n) is 5.03. The summed E-state index contributed by atoms with van der Waals surface area (Å²) in [6.45, 7) is 3.93. The second-order valence-corrected chi connectivity index (χ2v) is 5.03. The number of hydrogen-bond acceptors (Lipinski definition) is 6. The Morgan fingerprint density at radius 2 is 2.14 bits per heavy atom. The number of aromatic nitrogens is 2. The summed E-state index contributed by atoms with van der Waals surface area (Å²) >= 11 is 0. The monoisotopic (exact) mass is 302 g/mol. The lowest BCUT2D eigenvalue weighted by Gasteiger charge is -2.34. The number of fused-ring (bicyclic) bond motifs is 1. The average molecular weight is 302 g/mol. The Labute approximate surface area is 127 Å². The highest BCUT2D eigenvalue weighted by molar-refractivity contribution is 5.82. The molecule has 0 spiro atoms. The van der Waals surface area contributed by atoms with Crippen LogP contribution in [0.25, 0.3) is 11.0 Å². The number of piperazine rings is 1. The molecule has 22 heavy (non-hydrogen) atoms. The zero-order valence-corrected chi connectivity index (χ0v) is 12.3. The molecule has 0 unspecified atom stereocenters. The van der Waals surface area contributed by atoms with Crippen LogP contribution in [0.2, 0.25) is 0 Å². The third-order valence-corrected chi connectivity index (χ3v) is 3.60. The third kappa shape index (κ3) is 2.67. The molecule has 1 saturated heterocycles. The molecule has 1 fully saturated rings. The molecule has 2 heterocycles. The number of rotatable bonds is 4. The number of aliphatic carboxylic acids is 1. The Bertz CT molecular complexity index is 692. The van der Waals surface area contributed by atoms with E-state index in [1.165, 1.54) is 0 Å². The number of carboxylic acid groups (broad SMARTS) is 1. The van der Waals surface area contributed by atoms with Crippen LogP contribution in [0.4, 0.5) is 5.82 Å². The molecule has 1 aliphatic rings. The van der Waals surface area contributed by atoms with Crippen molar-refractivity contribution in [1.82, 2.24) is 15.3 Å².